The number of hydrogen-bond acceptors (Lipinski definition) is 3. The molecule has 0 radical (unpaired) electrons. The summed E-state index contributed by atoms with van der Waals surface area (Å²) in [6, 6.07) is 22.1. The summed E-state index contributed by atoms with van der Waals surface area (Å²) < 4.78 is 1.01. The fourth-order valence-corrected chi connectivity index (χ4v) is 5.40. The number of halogens is 1. The topological polar surface area (TPSA) is 59.6 Å². The monoisotopic (exact) mass is 525 g/mol. The van der Waals surface area contributed by atoms with E-state index in [1.165, 1.54) is 48.8 Å². The largest absolute Gasteiger partial charge is 0.310 e. The molecule has 0 saturated heterocycles. The second-order valence-electron chi connectivity index (χ2n) is 8.82. The molecule has 0 amide bonds. The van der Waals surface area contributed by atoms with Gasteiger partial charge in [0.1, 0.15) is 0 Å². The van der Waals surface area contributed by atoms with Gasteiger partial charge in [-0.05, 0) is 60.9 Å². The summed E-state index contributed by atoms with van der Waals surface area (Å²) >= 11 is 2.39. The van der Waals surface area contributed by atoms with Crippen LogP contribution >= 0.6 is 22.6 Å². The predicted molar refractivity (Wildman–Crippen MR) is 135 cm³/mol. The minimum absolute atomic E-state index is 0.207. The average Bonchev–Trinajstić information content (AvgIpc) is 2.83. The Morgan fingerprint density at radius 1 is 1.03 bits per heavy atom. The lowest BCUT2D eigenvalue weighted by molar-refractivity contribution is 0.246. The summed E-state index contributed by atoms with van der Waals surface area (Å²) in [5.41, 5.74) is 4.54. The van der Waals surface area contributed by atoms with Crippen molar-refractivity contribution in [3.05, 3.63) is 70.8 Å². The summed E-state index contributed by atoms with van der Waals surface area (Å²) in [6.07, 6.45) is 7.79. The van der Waals surface area contributed by atoms with E-state index in [0.29, 0.717) is 17.9 Å². The second kappa shape index (κ2) is 12.2. The third kappa shape index (κ3) is 6.79. The van der Waals surface area contributed by atoms with Crippen molar-refractivity contribution in [3.8, 4) is 12.1 Å². The summed E-state index contributed by atoms with van der Waals surface area (Å²) in [4.78, 5) is 0. The molecule has 0 aliphatic heterocycles. The molecule has 3 rings (SSSR count). The molecule has 2 aromatic rings. The zero-order valence-corrected chi connectivity index (χ0v) is 20.5. The van der Waals surface area contributed by atoms with Gasteiger partial charge in [0.2, 0.25) is 0 Å². The van der Waals surface area contributed by atoms with Crippen LogP contribution < -0.4 is 5.32 Å². The van der Waals surface area contributed by atoms with Crippen molar-refractivity contribution in [2.45, 2.75) is 74.3 Å². The standard InChI is InChI=1S/C27H32IN3/c1-20(31-27(14-15-29)24-7-3-2-4-8-24)26(25-9-5-6-23(16-25)19-30)17-21-10-12-22(18-28)13-11-21/h5-6,9-13,16,20,24,26-27,31H,2-4,7-8,14,17-18H2,1H3/t20-,26+,27?/m0/s1. The minimum atomic E-state index is 0.207. The lowest BCUT2D eigenvalue weighted by Crippen LogP contribution is -2.45. The van der Waals surface area contributed by atoms with Crippen molar-refractivity contribution in [1.29, 1.82) is 10.5 Å². The number of nitriles is 2. The van der Waals surface area contributed by atoms with Crippen molar-refractivity contribution in [3.63, 3.8) is 0 Å². The number of rotatable bonds is 9. The Morgan fingerprint density at radius 2 is 1.74 bits per heavy atom. The molecule has 162 valence electrons. The van der Waals surface area contributed by atoms with Gasteiger partial charge in [-0.1, -0.05) is 78.3 Å². The first-order valence-electron chi connectivity index (χ1n) is 11.4. The van der Waals surface area contributed by atoms with Gasteiger partial charge in [-0.3, -0.25) is 0 Å². The van der Waals surface area contributed by atoms with Gasteiger partial charge in [0, 0.05) is 22.4 Å². The Hall–Kier alpha value is -1.89. The summed E-state index contributed by atoms with van der Waals surface area (Å²) in [7, 11) is 0. The molecule has 0 aromatic heterocycles. The zero-order chi connectivity index (χ0) is 22.1. The molecule has 1 fully saturated rings. The zero-order valence-electron chi connectivity index (χ0n) is 18.4. The lowest BCUT2D eigenvalue weighted by atomic mass is 9.81. The van der Waals surface area contributed by atoms with E-state index in [1.54, 1.807) is 0 Å². The Kier molecular flexibility index (Phi) is 9.37. The molecule has 1 saturated carbocycles. The fourth-order valence-electron chi connectivity index (χ4n) is 4.89. The van der Waals surface area contributed by atoms with E-state index in [4.69, 9.17) is 0 Å². The predicted octanol–water partition coefficient (Wildman–Crippen LogP) is 6.66. The highest BCUT2D eigenvalue weighted by Crippen LogP contribution is 2.31. The quantitative estimate of drug-likeness (QED) is 0.294. The fraction of sp³-hybridized carbons (Fsp3) is 0.481. The van der Waals surface area contributed by atoms with E-state index in [1.807, 2.05) is 18.2 Å². The maximum Gasteiger partial charge on any atom is 0.0991 e. The van der Waals surface area contributed by atoms with Gasteiger partial charge in [-0.15, -0.1) is 0 Å². The summed E-state index contributed by atoms with van der Waals surface area (Å²) in [5, 5.41) is 22.7. The van der Waals surface area contributed by atoms with Crippen LogP contribution in [0.5, 0.6) is 0 Å². The first-order chi connectivity index (χ1) is 15.1. The highest BCUT2D eigenvalue weighted by molar-refractivity contribution is 14.1. The third-order valence-corrected chi connectivity index (χ3v) is 7.57. The molecule has 0 spiro atoms. The van der Waals surface area contributed by atoms with Crippen LogP contribution in [0.25, 0.3) is 0 Å². The smallest absolute Gasteiger partial charge is 0.0991 e. The van der Waals surface area contributed by atoms with E-state index in [2.05, 4.69) is 77.3 Å². The maximum absolute atomic E-state index is 9.46. The van der Waals surface area contributed by atoms with Crippen LogP contribution in [0.1, 0.15) is 73.6 Å². The minimum Gasteiger partial charge on any atom is -0.310 e. The van der Waals surface area contributed by atoms with E-state index in [0.717, 1.165) is 10.8 Å². The molecular weight excluding hydrogens is 493 g/mol. The van der Waals surface area contributed by atoms with Gasteiger partial charge in [-0.25, -0.2) is 0 Å². The van der Waals surface area contributed by atoms with E-state index >= 15 is 0 Å². The lowest BCUT2D eigenvalue weighted by Gasteiger charge is -2.35. The van der Waals surface area contributed by atoms with Crippen LogP contribution in [0.4, 0.5) is 0 Å². The summed E-state index contributed by atoms with van der Waals surface area (Å²) in [6.45, 7) is 2.25. The van der Waals surface area contributed by atoms with Crippen LogP contribution in [0.3, 0.4) is 0 Å². The summed E-state index contributed by atoms with van der Waals surface area (Å²) in [5.74, 6) is 0.827. The first-order valence-corrected chi connectivity index (χ1v) is 12.9. The van der Waals surface area contributed by atoms with Gasteiger partial charge in [-0.2, -0.15) is 10.5 Å². The van der Waals surface area contributed by atoms with E-state index < -0.39 is 0 Å². The first kappa shape index (κ1) is 23.8. The van der Waals surface area contributed by atoms with Crippen LogP contribution in [0.15, 0.2) is 48.5 Å². The molecule has 3 nitrogen and oxygen atoms in total. The molecule has 1 unspecified atom stereocenters. The molecule has 31 heavy (non-hydrogen) atoms. The SMILES string of the molecule is C[C@H](NC(CC#N)C1CCCCC1)[C@@H](Cc1ccc(CI)cc1)c1cccc(C#N)c1. The Balaban J connectivity index is 1.84. The maximum atomic E-state index is 9.46. The van der Waals surface area contributed by atoms with Gasteiger partial charge >= 0.3 is 0 Å². The Morgan fingerprint density at radius 3 is 2.39 bits per heavy atom. The van der Waals surface area contributed by atoms with Crippen molar-refractivity contribution in [2.24, 2.45) is 5.92 Å². The van der Waals surface area contributed by atoms with Gasteiger partial charge in [0.05, 0.1) is 24.1 Å². The highest BCUT2D eigenvalue weighted by atomic mass is 127. The van der Waals surface area contributed by atoms with Crippen molar-refractivity contribution < 1.29 is 0 Å². The molecule has 1 N–H and O–H groups in total. The molecule has 4 heteroatoms. The number of nitrogens with one attached hydrogen (secondary N) is 1. The van der Waals surface area contributed by atoms with Crippen molar-refractivity contribution >= 4 is 22.6 Å². The average molecular weight is 525 g/mol. The Bertz CT molecular complexity index is 903. The van der Waals surface area contributed by atoms with E-state index in [9.17, 15) is 10.5 Å². The molecule has 0 bridgehead atoms. The van der Waals surface area contributed by atoms with Crippen LogP contribution in [-0.2, 0) is 10.8 Å². The molecule has 1 aliphatic rings. The van der Waals surface area contributed by atoms with Crippen LogP contribution in [0.2, 0.25) is 0 Å². The molecular formula is C27H32IN3. The molecule has 1 aliphatic carbocycles. The number of nitrogens with zero attached hydrogens (tertiary/aromatic N) is 2. The highest BCUT2D eigenvalue weighted by Gasteiger charge is 2.28. The number of benzene rings is 2. The molecule has 2 aromatic carbocycles. The van der Waals surface area contributed by atoms with Gasteiger partial charge < -0.3 is 5.32 Å². The number of hydrogen-bond donors (Lipinski definition) is 1. The van der Waals surface area contributed by atoms with Crippen LogP contribution in [0, 0.1) is 28.6 Å². The molecule has 0 heterocycles. The second-order valence-corrected chi connectivity index (χ2v) is 9.58. The Labute approximate surface area is 201 Å². The number of alkyl halides is 1. The molecule has 3 atom stereocenters. The normalized spacial score (nSPS) is 17.3. The van der Waals surface area contributed by atoms with Gasteiger partial charge in [0.15, 0.2) is 0 Å². The van der Waals surface area contributed by atoms with Crippen LogP contribution in [-0.4, -0.2) is 12.1 Å². The van der Waals surface area contributed by atoms with Gasteiger partial charge in [0.25, 0.3) is 0 Å². The van der Waals surface area contributed by atoms with Crippen molar-refractivity contribution in [2.75, 3.05) is 0 Å². The third-order valence-electron chi connectivity index (χ3n) is 6.69. The van der Waals surface area contributed by atoms with E-state index in [-0.39, 0.29) is 18.0 Å². The van der Waals surface area contributed by atoms with Crippen molar-refractivity contribution in [1.82, 2.24) is 5.32 Å².